The zero-order chi connectivity index (χ0) is 13.9. The van der Waals surface area contributed by atoms with Crippen molar-refractivity contribution in [1.29, 1.82) is 0 Å². The van der Waals surface area contributed by atoms with Crippen LogP contribution < -0.4 is 0 Å². The van der Waals surface area contributed by atoms with Crippen molar-refractivity contribution in [3.8, 4) is 22.3 Å². The van der Waals surface area contributed by atoms with Crippen LogP contribution in [0.2, 0.25) is 0 Å². The second-order valence-electron chi connectivity index (χ2n) is 5.26. The van der Waals surface area contributed by atoms with Crippen molar-refractivity contribution in [2.75, 3.05) is 0 Å². The first-order chi connectivity index (χ1) is 9.74. The third-order valence-electron chi connectivity index (χ3n) is 3.70. The molecule has 0 nitrogen and oxygen atoms in total. The molecule has 0 radical (unpaired) electrons. The summed E-state index contributed by atoms with van der Waals surface area (Å²) in [5, 5.41) is 0. The molecule has 0 spiro atoms. The lowest BCUT2D eigenvalue weighted by molar-refractivity contribution is 1.45. The molecular weight excluding hydrogens is 276 g/mol. The lowest BCUT2D eigenvalue weighted by Gasteiger charge is -2.08. The average molecular weight is 306 g/mol. The van der Waals surface area contributed by atoms with Crippen molar-refractivity contribution in [1.82, 2.24) is 0 Å². The Bertz CT molecular complexity index is 721. The molecule has 0 atom stereocenters. The quantitative estimate of drug-likeness (QED) is 0.458. The first-order valence-electron chi connectivity index (χ1n) is 6.97. The minimum atomic E-state index is 0. The van der Waals surface area contributed by atoms with Gasteiger partial charge in [-0.25, -0.2) is 0 Å². The van der Waals surface area contributed by atoms with Crippen molar-refractivity contribution in [2.24, 2.45) is 0 Å². The first kappa shape index (κ1) is 20.7. The molecule has 0 saturated heterocycles. The van der Waals surface area contributed by atoms with Crippen molar-refractivity contribution >= 4 is 0 Å². The summed E-state index contributed by atoms with van der Waals surface area (Å²) >= 11 is 0. The SMILES string of the molecule is C.C.C.Cc1ccc(-c2cccc(-c3ccccc3C)c2)cc1. The molecule has 0 aromatic heterocycles. The van der Waals surface area contributed by atoms with Gasteiger partial charge in [-0.05, 0) is 47.7 Å². The molecule has 0 aliphatic heterocycles. The van der Waals surface area contributed by atoms with Gasteiger partial charge in [0.05, 0.1) is 0 Å². The van der Waals surface area contributed by atoms with E-state index in [1.165, 1.54) is 33.4 Å². The van der Waals surface area contributed by atoms with E-state index in [4.69, 9.17) is 0 Å². The van der Waals surface area contributed by atoms with E-state index in [1.807, 2.05) is 0 Å². The molecule has 0 heterocycles. The average Bonchev–Trinajstić information content (AvgIpc) is 2.49. The molecule has 0 aliphatic carbocycles. The number of aryl methyl sites for hydroxylation is 2. The van der Waals surface area contributed by atoms with Crippen LogP contribution in [0.25, 0.3) is 22.3 Å². The lowest BCUT2D eigenvalue weighted by Crippen LogP contribution is -1.84. The van der Waals surface area contributed by atoms with Crippen LogP contribution in [-0.2, 0) is 0 Å². The summed E-state index contributed by atoms with van der Waals surface area (Å²) in [6.45, 7) is 4.28. The van der Waals surface area contributed by atoms with Gasteiger partial charge in [0.15, 0.2) is 0 Å². The topological polar surface area (TPSA) is 0 Å². The highest BCUT2D eigenvalue weighted by atomic mass is 14.1. The number of benzene rings is 3. The van der Waals surface area contributed by atoms with E-state index in [1.54, 1.807) is 0 Å². The minimum Gasteiger partial charge on any atom is -0.0776 e. The van der Waals surface area contributed by atoms with Gasteiger partial charge in [0.2, 0.25) is 0 Å². The van der Waals surface area contributed by atoms with E-state index >= 15 is 0 Å². The van der Waals surface area contributed by atoms with Crippen LogP contribution in [0.3, 0.4) is 0 Å². The summed E-state index contributed by atoms with van der Waals surface area (Å²) in [7, 11) is 0. The normalized spacial score (nSPS) is 9.13. The summed E-state index contributed by atoms with van der Waals surface area (Å²) < 4.78 is 0. The van der Waals surface area contributed by atoms with Crippen LogP contribution in [0.4, 0.5) is 0 Å². The second-order valence-corrected chi connectivity index (χ2v) is 5.26. The van der Waals surface area contributed by atoms with E-state index in [2.05, 4.69) is 86.6 Å². The lowest BCUT2D eigenvalue weighted by atomic mass is 9.96. The monoisotopic (exact) mass is 306 g/mol. The van der Waals surface area contributed by atoms with Crippen LogP contribution in [0.1, 0.15) is 33.4 Å². The van der Waals surface area contributed by atoms with Gasteiger partial charge in [-0.15, -0.1) is 0 Å². The molecule has 3 rings (SSSR count). The fourth-order valence-electron chi connectivity index (χ4n) is 2.51. The fraction of sp³-hybridized carbons (Fsp3) is 0.217. The second kappa shape index (κ2) is 8.95. The zero-order valence-corrected chi connectivity index (χ0v) is 11.9. The number of rotatable bonds is 2. The Morgan fingerprint density at radius 3 is 1.78 bits per heavy atom. The van der Waals surface area contributed by atoms with Crippen LogP contribution >= 0.6 is 0 Å². The van der Waals surface area contributed by atoms with E-state index < -0.39 is 0 Å². The number of hydrogen-bond donors (Lipinski definition) is 0. The molecular formula is C23H30. The van der Waals surface area contributed by atoms with E-state index in [0.717, 1.165) is 0 Å². The van der Waals surface area contributed by atoms with Crippen LogP contribution in [0, 0.1) is 13.8 Å². The van der Waals surface area contributed by atoms with Gasteiger partial charge >= 0.3 is 0 Å². The molecule has 0 fully saturated rings. The molecule has 0 saturated carbocycles. The molecule has 0 unspecified atom stereocenters. The van der Waals surface area contributed by atoms with Gasteiger partial charge < -0.3 is 0 Å². The number of hydrogen-bond acceptors (Lipinski definition) is 0. The Morgan fingerprint density at radius 1 is 0.522 bits per heavy atom. The summed E-state index contributed by atoms with van der Waals surface area (Å²) in [4.78, 5) is 0. The van der Waals surface area contributed by atoms with Crippen LogP contribution in [-0.4, -0.2) is 0 Å². The highest BCUT2D eigenvalue weighted by molar-refractivity contribution is 5.74. The Morgan fingerprint density at radius 2 is 1.13 bits per heavy atom. The van der Waals surface area contributed by atoms with Gasteiger partial charge in [0.25, 0.3) is 0 Å². The summed E-state index contributed by atoms with van der Waals surface area (Å²) in [6, 6.07) is 26.0. The fourth-order valence-corrected chi connectivity index (χ4v) is 2.51. The minimum absolute atomic E-state index is 0. The van der Waals surface area contributed by atoms with E-state index in [-0.39, 0.29) is 22.3 Å². The molecule has 3 aromatic rings. The molecule has 122 valence electrons. The van der Waals surface area contributed by atoms with E-state index in [0.29, 0.717) is 0 Å². The maximum absolute atomic E-state index is 2.27. The molecule has 0 aliphatic rings. The Kier molecular flexibility index (Phi) is 8.04. The molecule has 0 heteroatoms. The highest BCUT2D eigenvalue weighted by Crippen LogP contribution is 2.28. The van der Waals surface area contributed by atoms with Crippen molar-refractivity contribution in [2.45, 2.75) is 36.1 Å². The van der Waals surface area contributed by atoms with Crippen LogP contribution in [0.15, 0.2) is 72.8 Å². The largest absolute Gasteiger partial charge is 0.0776 e. The van der Waals surface area contributed by atoms with Gasteiger partial charge in [0.1, 0.15) is 0 Å². The molecule has 23 heavy (non-hydrogen) atoms. The third-order valence-corrected chi connectivity index (χ3v) is 3.70. The summed E-state index contributed by atoms with van der Waals surface area (Å²) in [6.07, 6.45) is 0. The predicted octanol–water partition coefficient (Wildman–Crippen LogP) is 7.55. The highest BCUT2D eigenvalue weighted by Gasteiger charge is 2.03. The van der Waals surface area contributed by atoms with Crippen molar-refractivity contribution in [3.05, 3.63) is 83.9 Å². The van der Waals surface area contributed by atoms with Crippen molar-refractivity contribution in [3.63, 3.8) is 0 Å². The van der Waals surface area contributed by atoms with Gasteiger partial charge in [-0.3, -0.25) is 0 Å². The zero-order valence-electron chi connectivity index (χ0n) is 11.9. The molecule has 0 bridgehead atoms. The van der Waals surface area contributed by atoms with Gasteiger partial charge in [-0.2, -0.15) is 0 Å². The predicted molar refractivity (Wildman–Crippen MR) is 107 cm³/mol. The summed E-state index contributed by atoms with van der Waals surface area (Å²) in [5.41, 5.74) is 7.73. The van der Waals surface area contributed by atoms with Gasteiger partial charge in [0, 0.05) is 0 Å². The molecule has 0 amide bonds. The van der Waals surface area contributed by atoms with E-state index in [9.17, 15) is 0 Å². The maximum Gasteiger partial charge on any atom is -0.0155 e. The Hall–Kier alpha value is -2.34. The van der Waals surface area contributed by atoms with Crippen LogP contribution in [0.5, 0.6) is 0 Å². The molecule has 3 aromatic carbocycles. The smallest absolute Gasteiger partial charge is 0.0155 e. The Labute approximate surface area is 142 Å². The summed E-state index contributed by atoms with van der Waals surface area (Å²) in [5.74, 6) is 0. The van der Waals surface area contributed by atoms with Crippen molar-refractivity contribution < 1.29 is 0 Å². The maximum atomic E-state index is 2.27. The third kappa shape index (κ3) is 4.56. The van der Waals surface area contributed by atoms with Gasteiger partial charge in [-0.1, -0.05) is 94.6 Å². The first-order valence-corrected chi connectivity index (χ1v) is 6.97. The molecule has 0 N–H and O–H groups in total. The standard InChI is InChI=1S/C20H18.3CH4/c1-15-10-12-17(13-11-15)18-7-5-8-19(14-18)20-9-4-3-6-16(20)2;;;/h3-14H,1-2H3;3*1H4. The Balaban J connectivity index is 0.00000161.